The van der Waals surface area contributed by atoms with E-state index in [-0.39, 0.29) is 52.3 Å². The van der Waals surface area contributed by atoms with Crippen molar-refractivity contribution in [2.24, 2.45) is 0 Å². The van der Waals surface area contributed by atoms with Crippen LogP contribution in [0.15, 0.2) is 73.4 Å². The third-order valence-electron chi connectivity index (χ3n) is 6.74. The van der Waals surface area contributed by atoms with Gasteiger partial charge >= 0.3 is 6.18 Å². The Hall–Kier alpha value is -5.19. The Morgan fingerprint density at radius 2 is 1.81 bits per heavy atom. The van der Waals surface area contributed by atoms with Gasteiger partial charge in [-0.25, -0.2) is 4.98 Å². The molecule has 0 aliphatic heterocycles. The average molecular weight is 593 g/mol. The molecule has 2 amide bonds. The lowest BCUT2D eigenvalue weighted by atomic mass is 9.93. The largest absolute Gasteiger partial charge is 0.441 e. The number of amides is 2. The number of nitriles is 1. The van der Waals surface area contributed by atoms with Gasteiger partial charge in [-0.1, -0.05) is 36.9 Å². The fraction of sp³-hybridized carbons (Fsp3) is 0.200. The van der Waals surface area contributed by atoms with Crippen LogP contribution in [0.2, 0.25) is 0 Å². The summed E-state index contributed by atoms with van der Waals surface area (Å²) >= 11 is 0. The molecule has 4 rings (SSSR count). The molecule has 10 nitrogen and oxygen atoms in total. The number of hydrogen-bond acceptors (Lipinski definition) is 7. The number of ether oxygens (including phenoxy) is 2. The molecule has 2 heterocycles. The van der Waals surface area contributed by atoms with E-state index in [0.717, 1.165) is 19.4 Å². The molecule has 0 spiro atoms. The Morgan fingerprint density at radius 1 is 1.14 bits per heavy atom. The van der Waals surface area contributed by atoms with E-state index >= 15 is 13.2 Å². The van der Waals surface area contributed by atoms with Crippen LogP contribution in [-0.4, -0.2) is 48.4 Å². The van der Waals surface area contributed by atoms with Gasteiger partial charge in [-0.2, -0.15) is 18.4 Å². The molecule has 0 saturated heterocycles. The number of carbonyl (C=O) groups is 2. The van der Waals surface area contributed by atoms with Gasteiger partial charge in [0.1, 0.15) is 11.9 Å². The van der Waals surface area contributed by atoms with Crippen LogP contribution < -0.4 is 16.4 Å². The Bertz CT molecular complexity index is 1710. The molecule has 2 aromatic heterocycles. The highest BCUT2D eigenvalue weighted by atomic mass is 19.4. The van der Waals surface area contributed by atoms with Crippen molar-refractivity contribution in [2.45, 2.75) is 18.4 Å². The summed E-state index contributed by atoms with van der Waals surface area (Å²) in [4.78, 5) is 29.1. The third-order valence-corrected chi connectivity index (χ3v) is 6.74. The van der Waals surface area contributed by atoms with Crippen LogP contribution in [0.1, 0.15) is 21.5 Å². The molecular weight excluding hydrogens is 565 g/mol. The van der Waals surface area contributed by atoms with Gasteiger partial charge in [0.2, 0.25) is 5.91 Å². The van der Waals surface area contributed by atoms with Gasteiger partial charge < -0.3 is 30.4 Å². The summed E-state index contributed by atoms with van der Waals surface area (Å²) in [5, 5.41) is 14.4. The first-order valence-electron chi connectivity index (χ1n) is 12.8. The molecule has 0 radical (unpaired) electrons. The molecule has 43 heavy (non-hydrogen) atoms. The number of fused-ring (bicyclic) bond motifs is 1. The first kappa shape index (κ1) is 30.8. The maximum absolute atomic E-state index is 15.4. The van der Waals surface area contributed by atoms with Crippen LogP contribution in [0, 0.1) is 11.3 Å². The number of benzene rings is 2. The van der Waals surface area contributed by atoms with Crippen molar-refractivity contribution in [3.63, 3.8) is 0 Å². The fourth-order valence-electron chi connectivity index (χ4n) is 4.81. The number of methoxy groups -OCH3 is 2. The van der Waals surface area contributed by atoms with E-state index in [9.17, 15) is 14.9 Å². The number of anilines is 2. The van der Waals surface area contributed by atoms with Crippen molar-refractivity contribution >= 4 is 34.2 Å². The first-order valence-corrected chi connectivity index (χ1v) is 12.8. The number of nitrogens with one attached hydrogen (secondary N) is 2. The lowest BCUT2D eigenvalue weighted by Gasteiger charge is -2.36. The normalized spacial score (nSPS) is 12.7. The summed E-state index contributed by atoms with van der Waals surface area (Å²) in [7, 11) is 2.23. The molecule has 13 heteroatoms. The van der Waals surface area contributed by atoms with Crippen LogP contribution in [-0.2, 0) is 26.5 Å². The first-order chi connectivity index (χ1) is 20.5. The minimum absolute atomic E-state index is 0.0142. The SMILES string of the molecule is C=CC(=O)Nc1ccc(-c2c(C(NC(=O)c3ccccc3)(OC)C(F)(F)F)c3c(N)ncc(C#N)c3n2CCOC)cc1. The van der Waals surface area contributed by atoms with Gasteiger partial charge in [0.25, 0.3) is 11.6 Å². The van der Waals surface area contributed by atoms with E-state index in [1.165, 1.54) is 60.2 Å². The highest BCUT2D eigenvalue weighted by Crippen LogP contribution is 2.50. The molecule has 1 unspecified atom stereocenters. The third kappa shape index (κ3) is 5.66. The molecule has 0 bridgehead atoms. The second-order valence-corrected chi connectivity index (χ2v) is 9.23. The molecule has 222 valence electrons. The second kappa shape index (κ2) is 12.4. The highest BCUT2D eigenvalue weighted by Gasteiger charge is 2.61. The fourth-order valence-corrected chi connectivity index (χ4v) is 4.81. The van der Waals surface area contributed by atoms with Crippen LogP contribution in [0.25, 0.3) is 22.2 Å². The molecule has 0 aliphatic rings. The second-order valence-electron chi connectivity index (χ2n) is 9.23. The van der Waals surface area contributed by atoms with E-state index in [1.54, 1.807) is 6.07 Å². The minimum atomic E-state index is -5.26. The van der Waals surface area contributed by atoms with Crippen LogP contribution in [0.4, 0.5) is 24.7 Å². The van der Waals surface area contributed by atoms with E-state index in [2.05, 4.69) is 22.2 Å². The summed E-state index contributed by atoms with van der Waals surface area (Å²) < 4.78 is 58.2. The lowest BCUT2D eigenvalue weighted by molar-refractivity contribution is -0.284. The molecule has 0 saturated carbocycles. The maximum Gasteiger partial charge on any atom is 0.441 e. The van der Waals surface area contributed by atoms with Crippen LogP contribution in [0.3, 0.4) is 0 Å². The van der Waals surface area contributed by atoms with Crippen LogP contribution >= 0.6 is 0 Å². The van der Waals surface area contributed by atoms with Crippen LogP contribution in [0.5, 0.6) is 0 Å². The number of nitrogen functional groups attached to an aromatic ring is 1. The Balaban J connectivity index is 2.14. The summed E-state index contributed by atoms with van der Waals surface area (Å²) in [5.41, 5.74) is 2.62. The van der Waals surface area contributed by atoms with Gasteiger partial charge in [0.05, 0.1) is 34.3 Å². The van der Waals surface area contributed by atoms with E-state index < -0.39 is 29.3 Å². The number of nitrogens with two attached hydrogens (primary N) is 1. The van der Waals surface area contributed by atoms with Gasteiger partial charge in [-0.15, -0.1) is 0 Å². The number of rotatable bonds is 10. The van der Waals surface area contributed by atoms with Gasteiger partial charge in [-0.3, -0.25) is 9.59 Å². The zero-order valence-corrected chi connectivity index (χ0v) is 23.2. The number of alkyl halides is 3. The molecular formula is C30H27F3N6O4. The van der Waals surface area contributed by atoms with E-state index in [4.69, 9.17) is 15.2 Å². The molecule has 0 aliphatic carbocycles. The predicted octanol–water partition coefficient (Wildman–Crippen LogP) is 4.72. The quantitative estimate of drug-likeness (QED) is 0.179. The summed E-state index contributed by atoms with van der Waals surface area (Å²) in [6.07, 6.45) is -3.03. The number of hydrogen-bond donors (Lipinski definition) is 3. The topological polar surface area (TPSA) is 144 Å². The predicted molar refractivity (Wildman–Crippen MR) is 154 cm³/mol. The van der Waals surface area contributed by atoms with Crippen molar-refractivity contribution in [1.29, 1.82) is 5.26 Å². The number of carbonyl (C=O) groups excluding carboxylic acids is 2. The summed E-state index contributed by atoms with van der Waals surface area (Å²) in [5.74, 6) is -1.89. The van der Waals surface area contributed by atoms with E-state index in [0.29, 0.717) is 5.69 Å². The Kier molecular flexibility index (Phi) is 8.84. The lowest BCUT2D eigenvalue weighted by Crippen LogP contribution is -2.57. The smallest absolute Gasteiger partial charge is 0.383 e. The Labute approximate surface area is 244 Å². The number of halogens is 3. The standard InChI is InChI=1S/C30H27F3N6O4/c1-4-22(40)37-21-12-10-18(11-13-21)26-24(23-25(39(26)14-15-42-2)20(16-34)17-36-27(23)35)29(43-3,30(31,32)33)38-28(41)19-8-6-5-7-9-19/h4-13,17H,1,14-15H2,2-3H3,(H2,35,36)(H,37,40)(H,38,41). The molecule has 2 aromatic carbocycles. The molecule has 4 aromatic rings. The van der Waals surface area contributed by atoms with Crippen molar-refractivity contribution in [2.75, 3.05) is 31.9 Å². The highest BCUT2D eigenvalue weighted by molar-refractivity contribution is 6.03. The van der Waals surface area contributed by atoms with Gasteiger partial charge in [0, 0.05) is 38.2 Å². The molecule has 1 atom stereocenters. The van der Waals surface area contributed by atoms with Crippen molar-refractivity contribution in [3.05, 3.63) is 90.1 Å². The van der Waals surface area contributed by atoms with Gasteiger partial charge in [-0.05, 0) is 35.9 Å². The van der Waals surface area contributed by atoms with Crippen molar-refractivity contribution < 1.29 is 32.2 Å². The zero-order chi connectivity index (χ0) is 31.4. The summed E-state index contributed by atoms with van der Waals surface area (Å²) in [6, 6.07) is 15.2. The molecule has 0 fully saturated rings. The van der Waals surface area contributed by atoms with E-state index in [1.807, 2.05) is 6.07 Å². The molecule has 4 N–H and O–H groups in total. The monoisotopic (exact) mass is 592 g/mol. The maximum atomic E-state index is 15.4. The number of nitrogens with zero attached hydrogens (tertiary/aromatic N) is 3. The van der Waals surface area contributed by atoms with Crippen molar-refractivity contribution in [3.8, 4) is 17.3 Å². The zero-order valence-electron chi connectivity index (χ0n) is 23.2. The summed E-state index contributed by atoms with van der Waals surface area (Å²) in [6.45, 7) is 3.43. The average Bonchev–Trinajstić information content (AvgIpc) is 3.35. The number of pyridine rings is 1. The van der Waals surface area contributed by atoms with Gasteiger partial charge in [0.15, 0.2) is 0 Å². The number of aromatic nitrogens is 2. The Morgan fingerprint density at radius 3 is 2.37 bits per heavy atom. The minimum Gasteiger partial charge on any atom is -0.383 e. The van der Waals surface area contributed by atoms with Crippen molar-refractivity contribution in [1.82, 2.24) is 14.9 Å².